The van der Waals surface area contributed by atoms with Crippen LogP contribution in [0.2, 0.25) is 0 Å². The van der Waals surface area contributed by atoms with Gasteiger partial charge in [0.25, 0.3) is 0 Å². The summed E-state index contributed by atoms with van der Waals surface area (Å²) in [7, 11) is 1.25. The molecule has 0 saturated carbocycles. The van der Waals surface area contributed by atoms with Gasteiger partial charge in [0, 0.05) is 11.8 Å². The third-order valence-electron chi connectivity index (χ3n) is 4.51. The third-order valence-corrected chi connectivity index (χ3v) is 4.51. The van der Waals surface area contributed by atoms with Gasteiger partial charge in [0.2, 0.25) is 5.91 Å². The van der Waals surface area contributed by atoms with Gasteiger partial charge in [-0.05, 0) is 47.5 Å². The van der Waals surface area contributed by atoms with Gasteiger partial charge in [0.15, 0.2) is 0 Å². The molecule has 3 rings (SSSR count). The van der Waals surface area contributed by atoms with Crippen molar-refractivity contribution in [1.82, 2.24) is 5.32 Å². The fourth-order valence-electron chi connectivity index (χ4n) is 3.17. The Labute approximate surface area is 149 Å². The second-order valence-electron chi connectivity index (χ2n) is 6.09. The van der Waals surface area contributed by atoms with Gasteiger partial charge < -0.3 is 10.1 Å². The van der Waals surface area contributed by atoms with Crippen LogP contribution in [0.1, 0.15) is 24.0 Å². The number of ether oxygens (including phenoxy) is 1. The number of esters is 1. The van der Waals surface area contributed by atoms with Crippen molar-refractivity contribution in [2.75, 3.05) is 7.11 Å². The molecule has 2 unspecified atom stereocenters. The summed E-state index contributed by atoms with van der Waals surface area (Å²) < 4.78 is 31.5. The van der Waals surface area contributed by atoms with E-state index < -0.39 is 29.4 Å². The third kappa shape index (κ3) is 3.22. The van der Waals surface area contributed by atoms with Gasteiger partial charge in [-0.1, -0.05) is 19.1 Å². The maximum atomic E-state index is 13.3. The Hall–Kier alpha value is -3.02. The minimum Gasteiger partial charge on any atom is -0.466 e. The molecule has 1 aliphatic rings. The highest BCUT2D eigenvalue weighted by Gasteiger charge is 2.39. The fraction of sp³-hybridized carbons (Fsp3) is 0.200. The molecule has 4 nitrogen and oxygen atoms in total. The van der Waals surface area contributed by atoms with E-state index >= 15 is 0 Å². The van der Waals surface area contributed by atoms with Gasteiger partial charge in [-0.3, -0.25) is 4.79 Å². The molecule has 0 bridgehead atoms. The lowest BCUT2D eigenvalue weighted by atomic mass is 9.76. The number of carbonyl (C=O) groups is 2. The van der Waals surface area contributed by atoms with E-state index in [0.717, 1.165) is 0 Å². The number of carbonyl (C=O) groups excluding carboxylic acids is 2. The second-order valence-corrected chi connectivity index (χ2v) is 6.09. The normalized spacial score (nSPS) is 19.9. The van der Waals surface area contributed by atoms with Gasteiger partial charge in [-0.15, -0.1) is 0 Å². The molecule has 0 spiro atoms. The topological polar surface area (TPSA) is 55.4 Å². The van der Waals surface area contributed by atoms with E-state index in [2.05, 4.69) is 5.32 Å². The quantitative estimate of drug-likeness (QED) is 0.857. The van der Waals surface area contributed by atoms with Crippen LogP contribution < -0.4 is 5.32 Å². The first-order valence-electron chi connectivity index (χ1n) is 8.07. The first-order valence-corrected chi connectivity index (χ1v) is 8.07. The number of rotatable bonds is 3. The predicted molar refractivity (Wildman–Crippen MR) is 91.8 cm³/mol. The minimum absolute atomic E-state index is 0.248. The molecule has 1 heterocycles. The lowest BCUT2D eigenvalue weighted by Gasteiger charge is -2.32. The Morgan fingerprint density at radius 2 is 1.54 bits per heavy atom. The summed E-state index contributed by atoms with van der Waals surface area (Å²) in [6, 6.07) is 11.1. The van der Waals surface area contributed by atoms with Crippen LogP contribution in [-0.4, -0.2) is 19.0 Å². The van der Waals surface area contributed by atoms with E-state index in [1.807, 2.05) is 0 Å². The lowest BCUT2D eigenvalue weighted by molar-refractivity contribution is -0.136. The molecular weight excluding hydrogens is 340 g/mol. The Morgan fingerprint density at radius 3 is 2.08 bits per heavy atom. The van der Waals surface area contributed by atoms with Crippen molar-refractivity contribution in [2.45, 2.75) is 12.8 Å². The molecule has 134 valence electrons. The molecule has 0 aromatic heterocycles. The molecule has 2 aromatic rings. The first kappa shape index (κ1) is 17.8. The van der Waals surface area contributed by atoms with Crippen LogP contribution in [-0.2, 0) is 14.3 Å². The van der Waals surface area contributed by atoms with Crippen molar-refractivity contribution >= 4 is 17.6 Å². The zero-order valence-corrected chi connectivity index (χ0v) is 14.3. The van der Waals surface area contributed by atoms with Crippen molar-refractivity contribution in [3.63, 3.8) is 0 Å². The van der Waals surface area contributed by atoms with Crippen molar-refractivity contribution in [3.8, 4) is 0 Å². The number of halogens is 2. The van der Waals surface area contributed by atoms with Crippen LogP contribution in [0.25, 0.3) is 5.70 Å². The molecule has 1 amide bonds. The van der Waals surface area contributed by atoms with Gasteiger partial charge in [0.1, 0.15) is 11.6 Å². The summed E-state index contributed by atoms with van der Waals surface area (Å²) >= 11 is 0. The zero-order chi connectivity index (χ0) is 18.8. The van der Waals surface area contributed by atoms with Gasteiger partial charge >= 0.3 is 5.97 Å². The van der Waals surface area contributed by atoms with Gasteiger partial charge in [-0.25, -0.2) is 13.6 Å². The van der Waals surface area contributed by atoms with Gasteiger partial charge in [0.05, 0.1) is 18.4 Å². The monoisotopic (exact) mass is 357 g/mol. The molecule has 2 aromatic carbocycles. The summed E-state index contributed by atoms with van der Waals surface area (Å²) in [4.78, 5) is 25.0. The summed E-state index contributed by atoms with van der Waals surface area (Å²) in [6.07, 6.45) is 0. The van der Waals surface area contributed by atoms with Crippen molar-refractivity contribution in [1.29, 1.82) is 0 Å². The molecule has 0 fully saturated rings. The molecule has 26 heavy (non-hydrogen) atoms. The van der Waals surface area contributed by atoms with Gasteiger partial charge in [-0.2, -0.15) is 0 Å². The molecular formula is C20H17F2NO3. The SMILES string of the molecule is COC(=O)C1=C(c2ccc(F)cc2)NC(=O)C(C)C1c1ccc(F)cc1. The fourth-order valence-corrected chi connectivity index (χ4v) is 3.17. The molecule has 0 aliphatic carbocycles. The standard InChI is InChI=1S/C20H17F2NO3/c1-11-16(12-3-7-14(21)8-4-12)17(20(25)26-2)18(23-19(11)24)13-5-9-15(22)10-6-13/h3-11,16H,1-2H3,(H,23,24). The number of hydrogen-bond acceptors (Lipinski definition) is 3. The number of amides is 1. The second kappa shape index (κ2) is 7.07. The Morgan fingerprint density at radius 1 is 1.00 bits per heavy atom. The van der Waals surface area contributed by atoms with E-state index in [4.69, 9.17) is 4.74 Å². The number of nitrogens with one attached hydrogen (secondary N) is 1. The number of methoxy groups -OCH3 is 1. The average Bonchev–Trinajstić information content (AvgIpc) is 2.64. The van der Waals surface area contributed by atoms with Crippen molar-refractivity contribution in [2.24, 2.45) is 5.92 Å². The molecule has 6 heteroatoms. The summed E-state index contributed by atoms with van der Waals surface area (Å²) in [6.45, 7) is 1.69. The Balaban J connectivity index is 2.23. The predicted octanol–water partition coefficient (Wildman–Crippen LogP) is 3.40. The lowest BCUT2D eigenvalue weighted by Crippen LogP contribution is -2.40. The molecule has 1 aliphatic heterocycles. The summed E-state index contributed by atoms with van der Waals surface area (Å²) in [5.41, 5.74) is 1.63. The number of hydrogen-bond donors (Lipinski definition) is 1. The van der Waals surface area contributed by atoms with Crippen molar-refractivity contribution in [3.05, 3.63) is 76.9 Å². The highest BCUT2D eigenvalue weighted by molar-refractivity contribution is 6.06. The van der Waals surface area contributed by atoms with Crippen LogP contribution in [0.3, 0.4) is 0 Å². The average molecular weight is 357 g/mol. The van der Waals surface area contributed by atoms with Crippen LogP contribution in [0.4, 0.5) is 8.78 Å². The Kier molecular flexibility index (Phi) is 4.84. The molecule has 0 saturated heterocycles. The first-order chi connectivity index (χ1) is 12.4. The summed E-state index contributed by atoms with van der Waals surface area (Å²) in [5.74, 6) is -2.92. The molecule has 1 N–H and O–H groups in total. The largest absolute Gasteiger partial charge is 0.466 e. The highest BCUT2D eigenvalue weighted by atomic mass is 19.1. The van der Waals surface area contributed by atoms with Crippen LogP contribution >= 0.6 is 0 Å². The smallest absolute Gasteiger partial charge is 0.336 e. The maximum absolute atomic E-state index is 13.3. The van der Waals surface area contributed by atoms with E-state index in [0.29, 0.717) is 11.1 Å². The van der Waals surface area contributed by atoms with E-state index in [1.165, 1.54) is 43.5 Å². The minimum atomic E-state index is -0.614. The van der Waals surface area contributed by atoms with Crippen LogP contribution in [0.5, 0.6) is 0 Å². The van der Waals surface area contributed by atoms with E-state index in [9.17, 15) is 18.4 Å². The van der Waals surface area contributed by atoms with Crippen LogP contribution in [0, 0.1) is 17.6 Å². The zero-order valence-electron chi connectivity index (χ0n) is 14.3. The highest BCUT2D eigenvalue weighted by Crippen LogP contribution is 2.40. The summed E-state index contributed by atoms with van der Waals surface area (Å²) in [5, 5.41) is 2.72. The Bertz CT molecular complexity index is 873. The number of benzene rings is 2. The van der Waals surface area contributed by atoms with Crippen molar-refractivity contribution < 1.29 is 23.1 Å². The molecule has 2 atom stereocenters. The maximum Gasteiger partial charge on any atom is 0.336 e. The van der Waals surface area contributed by atoms with E-state index in [-0.39, 0.29) is 17.2 Å². The van der Waals surface area contributed by atoms with Crippen LogP contribution in [0.15, 0.2) is 54.1 Å². The molecule has 0 radical (unpaired) electrons. The van der Waals surface area contributed by atoms with E-state index in [1.54, 1.807) is 19.1 Å².